The maximum absolute atomic E-state index is 12.7. The molecule has 4 heterocycles. The van der Waals surface area contributed by atoms with Gasteiger partial charge in [-0.3, -0.25) is 14.7 Å². The van der Waals surface area contributed by atoms with Crippen molar-refractivity contribution in [3.63, 3.8) is 0 Å². The standard InChI is InChI=1S/C22H23N7O3/c30-21(11-16-1-3-19(4-2-16)29-15-24-25-26-29)28-9-7-27(8-10-28)6-5-18-12-17-14-32-22(31)20(17)13-23-18/h1-4,12-13,15H,5-11,14H2. The second-order valence-corrected chi connectivity index (χ2v) is 7.98. The third-order valence-corrected chi connectivity index (χ3v) is 5.94. The summed E-state index contributed by atoms with van der Waals surface area (Å²) >= 11 is 0. The van der Waals surface area contributed by atoms with E-state index in [-0.39, 0.29) is 11.9 Å². The molecule has 1 saturated heterocycles. The van der Waals surface area contributed by atoms with Crippen LogP contribution in [-0.2, 0) is 29.0 Å². The summed E-state index contributed by atoms with van der Waals surface area (Å²) in [4.78, 5) is 32.9. The largest absolute Gasteiger partial charge is 0.457 e. The number of carbonyl (C=O) groups is 2. The number of aromatic nitrogens is 5. The second kappa shape index (κ2) is 8.83. The monoisotopic (exact) mass is 433 g/mol. The Morgan fingerprint density at radius 3 is 2.66 bits per heavy atom. The van der Waals surface area contributed by atoms with Gasteiger partial charge in [0.2, 0.25) is 5.91 Å². The molecule has 10 heteroatoms. The normalized spacial score (nSPS) is 16.1. The fourth-order valence-corrected chi connectivity index (χ4v) is 4.03. The molecule has 5 rings (SSSR count). The lowest BCUT2D eigenvalue weighted by Gasteiger charge is -2.34. The highest BCUT2D eigenvalue weighted by Gasteiger charge is 2.23. The highest BCUT2D eigenvalue weighted by atomic mass is 16.5. The predicted molar refractivity (Wildman–Crippen MR) is 113 cm³/mol. The van der Waals surface area contributed by atoms with E-state index in [9.17, 15) is 9.59 Å². The van der Waals surface area contributed by atoms with Gasteiger partial charge in [-0.1, -0.05) is 12.1 Å². The Kier molecular flexibility index (Phi) is 5.59. The first-order valence-corrected chi connectivity index (χ1v) is 10.6. The number of amides is 1. The number of piperazine rings is 1. The maximum Gasteiger partial charge on any atom is 0.340 e. The Morgan fingerprint density at radius 2 is 1.91 bits per heavy atom. The number of rotatable bonds is 6. The predicted octanol–water partition coefficient (Wildman–Crippen LogP) is 0.657. The Labute approximate surface area is 184 Å². The lowest BCUT2D eigenvalue weighted by atomic mass is 10.1. The molecule has 2 aromatic heterocycles. The molecule has 0 N–H and O–H groups in total. The van der Waals surface area contributed by atoms with Gasteiger partial charge in [-0.15, -0.1) is 5.10 Å². The molecule has 2 aliphatic heterocycles. The smallest absolute Gasteiger partial charge is 0.340 e. The van der Waals surface area contributed by atoms with E-state index in [1.165, 1.54) is 6.33 Å². The summed E-state index contributed by atoms with van der Waals surface area (Å²) in [5.74, 6) is -0.145. The number of esters is 1. The number of carbonyl (C=O) groups excluding carboxylic acids is 2. The SMILES string of the molecule is O=C1OCc2cc(CCN3CCN(C(=O)Cc4ccc(-n5cnnn5)cc4)CC3)ncc21. The van der Waals surface area contributed by atoms with Gasteiger partial charge in [0.25, 0.3) is 0 Å². The number of fused-ring (bicyclic) bond motifs is 1. The summed E-state index contributed by atoms with van der Waals surface area (Å²) < 4.78 is 6.62. The molecule has 1 aromatic carbocycles. The summed E-state index contributed by atoms with van der Waals surface area (Å²) in [6, 6.07) is 9.66. The zero-order valence-electron chi connectivity index (χ0n) is 17.6. The number of nitrogens with zero attached hydrogens (tertiary/aromatic N) is 7. The van der Waals surface area contributed by atoms with Crippen molar-refractivity contribution in [2.75, 3.05) is 32.7 Å². The first-order valence-electron chi connectivity index (χ1n) is 10.6. The van der Waals surface area contributed by atoms with Crippen LogP contribution in [-0.4, -0.2) is 79.6 Å². The van der Waals surface area contributed by atoms with Gasteiger partial charge in [0.15, 0.2) is 0 Å². The molecule has 164 valence electrons. The van der Waals surface area contributed by atoms with Crippen LogP contribution in [0.1, 0.15) is 27.2 Å². The van der Waals surface area contributed by atoms with E-state index in [2.05, 4.69) is 25.4 Å². The van der Waals surface area contributed by atoms with Crippen molar-refractivity contribution >= 4 is 11.9 Å². The fourth-order valence-electron chi connectivity index (χ4n) is 4.03. The van der Waals surface area contributed by atoms with E-state index in [4.69, 9.17) is 4.74 Å². The van der Waals surface area contributed by atoms with Crippen LogP contribution in [0.3, 0.4) is 0 Å². The zero-order chi connectivity index (χ0) is 21.9. The van der Waals surface area contributed by atoms with Gasteiger partial charge in [-0.25, -0.2) is 9.48 Å². The minimum Gasteiger partial charge on any atom is -0.457 e. The average Bonchev–Trinajstić information content (AvgIpc) is 3.49. The number of ether oxygens (including phenoxy) is 1. The van der Waals surface area contributed by atoms with Gasteiger partial charge in [-0.05, 0) is 34.2 Å². The van der Waals surface area contributed by atoms with Crippen molar-refractivity contribution in [2.45, 2.75) is 19.4 Å². The minimum absolute atomic E-state index is 0.143. The molecule has 2 aliphatic rings. The van der Waals surface area contributed by atoms with E-state index < -0.39 is 0 Å². The van der Waals surface area contributed by atoms with Gasteiger partial charge in [0.1, 0.15) is 12.9 Å². The molecule has 32 heavy (non-hydrogen) atoms. The third-order valence-electron chi connectivity index (χ3n) is 5.94. The van der Waals surface area contributed by atoms with Crippen LogP contribution in [0, 0.1) is 0 Å². The minimum atomic E-state index is -0.289. The van der Waals surface area contributed by atoms with Crippen LogP contribution in [0.5, 0.6) is 0 Å². The van der Waals surface area contributed by atoms with Gasteiger partial charge in [-0.2, -0.15) is 0 Å². The van der Waals surface area contributed by atoms with Crippen LogP contribution in [0.2, 0.25) is 0 Å². The van der Waals surface area contributed by atoms with E-state index in [0.29, 0.717) is 18.6 Å². The molecule has 0 saturated carbocycles. The van der Waals surface area contributed by atoms with E-state index in [1.54, 1.807) is 10.9 Å². The van der Waals surface area contributed by atoms with Crippen molar-refractivity contribution in [1.29, 1.82) is 0 Å². The second-order valence-electron chi connectivity index (χ2n) is 7.98. The van der Waals surface area contributed by atoms with E-state index in [0.717, 1.165) is 61.7 Å². The summed E-state index contributed by atoms with van der Waals surface area (Å²) in [7, 11) is 0. The lowest BCUT2D eigenvalue weighted by Crippen LogP contribution is -2.49. The Bertz CT molecular complexity index is 1110. The molecule has 1 fully saturated rings. The highest BCUT2D eigenvalue weighted by molar-refractivity contribution is 5.92. The van der Waals surface area contributed by atoms with Crippen molar-refractivity contribution in [3.05, 3.63) is 65.2 Å². The quantitative estimate of drug-likeness (QED) is 0.522. The van der Waals surface area contributed by atoms with Gasteiger partial charge < -0.3 is 9.64 Å². The molecule has 0 atom stereocenters. The van der Waals surface area contributed by atoms with Crippen LogP contribution < -0.4 is 0 Å². The van der Waals surface area contributed by atoms with Crippen LogP contribution in [0.25, 0.3) is 5.69 Å². The highest BCUT2D eigenvalue weighted by Crippen LogP contribution is 2.20. The van der Waals surface area contributed by atoms with Crippen LogP contribution in [0.4, 0.5) is 0 Å². The lowest BCUT2D eigenvalue weighted by molar-refractivity contribution is -0.132. The maximum atomic E-state index is 12.7. The van der Waals surface area contributed by atoms with Crippen LogP contribution in [0.15, 0.2) is 42.9 Å². The number of benzene rings is 1. The molecule has 10 nitrogen and oxygen atoms in total. The molecule has 0 radical (unpaired) electrons. The van der Waals surface area contributed by atoms with Gasteiger partial charge >= 0.3 is 5.97 Å². The van der Waals surface area contributed by atoms with Gasteiger partial charge in [0.05, 0.1) is 17.7 Å². The van der Waals surface area contributed by atoms with Crippen LogP contribution >= 0.6 is 0 Å². The van der Waals surface area contributed by atoms with Gasteiger partial charge in [0, 0.05) is 56.6 Å². The number of cyclic esters (lactones) is 1. The Balaban J connectivity index is 1.08. The number of hydrogen-bond acceptors (Lipinski definition) is 8. The summed E-state index contributed by atoms with van der Waals surface area (Å²) in [5.41, 5.74) is 4.29. The van der Waals surface area contributed by atoms with Crippen molar-refractivity contribution in [2.24, 2.45) is 0 Å². The Hall–Kier alpha value is -3.66. The Morgan fingerprint density at radius 1 is 1.09 bits per heavy atom. The molecule has 0 spiro atoms. The van der Waals surface area contributed by atoms with Crippen molar-refractivity contribution in [1.82, 2.24) is 35.0 Å². The zero-order valence-corrected chi connectivity index (χ0v) is 17.6. The molecular formula is C22H23N7O3. The van der Waals surface area contributed by atoms with E-state index >= 15 is 0 Å². The summed E-state index contributed by atoms with van der Waals surface area (Å²) in [6.07, 6.45) is 4.35. The molecule has 1 amide bonds. The molecule has 3 aromatic rings. The number of pyridine rings is 1. The third kappa shape index (κ3) is 4.35. The number of hydrogen-bond donors (Lipinski definition) is 0. The first kappa shape index (κ1) is 20.3. The first-order chi connectivity index (χ1) is 15.7. The summed E-state index contributed by atoms with van der Waals surface area (Å²) in [6.45, 7) is 4.35. The van der Waals surface area contributed by atoms with E-state index in [1.807, 2.05) is 35.2 Å². The summed E-state index contributed by atoms with van der Waals surface area (Å²) in [5, 5.41) is 11.1. The molecule has 0 bridgehead atoms. The van der Waals surface area contributed by atoms with Crippen molar-refractivity contribution < 1.29 is 14.3 Å². The fraction of sp³-hybridized carbons (Fsp3) is 0.364. The number of tetrazole rings is 1. The van der Waals surface area contributed by atoms with Crippen molar-refractivity contribution in [3.8, 4) is 5.69 Å². The molecular weight excluding hydrogens is 410 g/mol. The topological polar surface area (TPSA) is 106 Å². The molecule has 0 aliphatic carbocycles. The molecule has 0 unspecified atom stereocenters. The average molecular weight is 433 g/mol.